The summed E-state index contributed by atoms with van der Waals surface area (Å²) in [7, 11) is 0. The van der Waals surface area contributed by atoms with E-state index in [4.69, 9.17) is 0 Å². The van der Waals surface area contributed by atoms with Gasteiger partial charge in [0.05, 0.1) is 5.92 Å². The van der Waals surface area contributed by atoms with Gasteiger partial charge >= 0.3 is 6.18 Å². The predicted octanol–water partition coefficient (Wildman–Crippen LogP) is 3.87. The van der Waals surface area contributed by atoms with Crippen LogP contribution >= 0.6 is 0 Å². The van der Waals surface area contributed by atoms with Gasteiger partial charge in [-0.25, -0.2) is 0 Å². The molecule has 0 aromatic heterocycles. The van der Waals surface area contributed by atoms with Crippen molar-refractivity contribution in [3.63, 3.8) is 0 Å². The van der Waals surface area contributed by atoms with Crippen LogP contribution in [0.25, 0.3) is 0 Å². The second-order valence-corrected chi connectivity index (χ2v) is 3.57. The van der Waals surface area contributed by atoms with E-state index < -0.39 is 12.1 Å². The van der Waals surface area contributed by atoms with E-state index in [1.165, 1.54) is 6.92 Å². The summed E-state index contributed by atoms with van der Waals surface area (Å²) in [5.41, 5.74) is 0. The topological polar surface area (TPSA) is 0 Å². The predicted molar refractivity (Wildman–Crippen MR) is 43.8 cm³/mol. The maximum Gasteiger partial charge on any atom is 0.391 e. The summed E-state index contributed by atoms with van der Waals surface area (Å²) in [5, 5.41) is 0. The van der Waals surface area contributed by atoms with Crippen LogP contribution in [0.1, 0.15) is 34.1 Å². The van der Waals surface area contributed by atoms with Crippen LogP contribution in [0.5, 0.6) is 0 Å². The second-order valence-electron chi connectivity index (χ2n) is 3.57. The molecule has 0 aliphatic heterocycles. The summed E-state index contributed by atoms with van der Waals surface area (Å²) < 4.78 is 36.6. The lowest BCUT2D eigenvalue weighted by molar-refractivity contribution is -0.186. The van der Waals surface area contributed by atoms with E-state index in [0.29, 0.717) is 0 Å². The number of alkyl halides is 3. The molecule has 0 nitrogen and oxygen atoms in total. The SMILES string of the molecule is CC[C@@H](C)[C@H](C)C(C)C(F)(F)F. The Bertz CT molecular complexity index is 128. The first-order valence-corrected chi connectivity index (χ1v) is 4.37. The molecule has 3 heteroatoms. The van der Waals surface area contributed by atoms with E-state index in [2.05, 4.69) is 0 Å². The molecule has 0 heterocycles. The fourth-order valence-corrected chi connectivity index (χ4v) is 1.16. The molecule has 0 aromatic carbocycles. The van der Waals surface area contributed by atoms with Crippen molar-refractivity contribution in [2.45, 2.75) is 40.3 Å². The molecule has 0 aromatic rings. The molecule has 3 atom stereocenters. The van der Waals surface area contributed by atoms with Gasteiger partial charge < -0.3 is 0 Å². The Balaban J connectivity index is 4.19. The van der Waals surface area contributed by atoms with Crippen LogP contribution in [0.2, 0.25) is 0 Å². The molecule has 0 radical (unpaired) electrons. The Morgan fingerprint density at radius 3 is 1.75 bits per heavy atom. The van der Waals surface area contributed by atoms with Gasteiger partial charge in [0.15, 0.2) is 0 Å². The van der Waals surface area contributed by atoms with Crippen molar-refractivity contribution in [1.29, 1.82) is 0 Å². The maximum atomic E-state index is 12.2. The molecule has 0 aliphatic carbocycles. The molecule has 0 spiro atoms. The molecular formula is C9H17F3. The van der Waals surface area contributed by atoms with E-state index >= 15 is 0 Å². The van der Waals surface area contributed by atoms with Gasteiger partial charge in [0.1, 0.15) is 0 Å². The highest BCUT2D eigenvalue weighted by molar-refractivity contribution is 4.72. The van der Waals surface area contributed by atoms with Crippen LogP contribution < -0.4 is 0 Å². The first kappa shape index (κ1) is 11.8. The zero-order valence-corrected chi connectivity index (χ0v) is 8.07. The molecule has 0 aliphatic rings. The minimum absolute atomic E-state index is 0.140. The van der Waals surface area contributed by atoms with E-state index in [9.17, 15) is 13.2 Å². The molecule has 1 unspecified atom stereocenters. The van der Waals surface area contributed by atoms with Crippen LogP contribution in [0.3, 0.4) is 0 Å². The summed E-state index contributed by atoms with van der Waals surface area (Å²) in [6.07, 6.45) is -3.23. The van der Waals surface area contributed by atoms with Crippen molar-refractivity contribution < 1.29 is 13.2 Å². The number of halogens is 3. The van der Waals surface area contributed by atoms with Gasteiger partial charge in [-0.05, 0) is 11.8 Å². The molecular weight excluding hydrogens is 165 g/mol. The smallest absolute Gasteiger partial charge is 0.171 e. The van der Waals surface area contributed by atoms with Gasteiger partial charge in [0.25, 0.3) is 0 Å². The van der Waals surface area contributed by atoms with Gasteiger partial charge in [-0.3, -0.25) is 0 Å². The Hall–Kier alpha value is -0.210. The van der Waals surface area contributed by atoms with Crippen molar-refractivity contribution in [2.24, 2.45) is 17.8 Å². The minimum Gasteiger partial charge on any atom is -0.171 e. The normalized spacial score (nSPS) is 20.2. The van der Waals surface area contributed by atoms with E-state index in [1.54, 1.807) is 6.92 Å². The fourth-order valence-electron chi connectivity index (χ4n) is 1.16. The molecule has 0 saturated carbocycles. The van der Waals surface area contributed by atoms with Gasteiger partial charge in [-0.1, -0.05) is 34.1 Å². The van der Waals surface area contributed by atoms with Crippen molar-refractivity contribution in [1.82, 2.24) is 0 Å². The van der Waals surface area contributed by atoms with Gasteiger partial charge in [0.2, 0.25) is 0 Å². The minimum atomic E-state index is -4.04. The van der Waals surface area contributed by atoms with E-state index in [1.807, 2.05) is 13.8 Å². The van der Waals surface area contributed by atoms with Crippen LogP contribution in [-0.2, 0) is 0 Å². The molecule has 0 amide bonds. The lowest BCUT2D eigenvalue weighted by Crippen LogP contribution is -2.29. The number of rotatable bonds is 3. The van der Waals surface area contributed by atoms with Crippen LogP contribution in [0.15, 0.2) is 0 Å². The lowest BCUT2D eigenvalue weighted by Gasteiger charge is -2.26. The third kappa shape index (κ3) is 3.03. The zero-order valence-electron chi connectivity index (χ0n) is 8.07. The summed E-state index contributed by atoms with van der Waals surface area (Å²) in [6, 6.07) is 0. The van der Waals surface area contributed by atoms with E-state index in [-0.39, 0.29) is 11.8 Å². The number of hydrogen-bond acceptors (Lipinski definition) is 0. The molecule has 0 N–H and O–H groups in total. The average Bonchev–Trinajstić information content (AvgIpc) is 1.98. The Morgan fingerprint density at radius 2 is 1.50 bits per heavy atom. The first-order valence-electron chi connectivity index (χ1n) is 4.37. The molecule has 74 valence electrons. The van der Waals surface area contributed by atoms with Crippen molar-refractivity contribution in [3.8, 4) is 0 Å². The van der Waals surface area contributed by atoms with Crippen molar-refractivity contribution >= 4 is 0 Å². The lowest BCUT2D eigenvalue weighted by atomic mass is 9.83. The third-order valence-electron chi connectivity index (χ3n) is 2.85. The Morgan fingerprint density at radius 1 is 1.08 bits per heavy atom. The van der Waals surface area contributed by atoms with Gasteiger partial charge in [0, 0.05) is 0 Å². The Kier molecular flexibility index (Phi) is 4.08. The highest BCUT2D eigenvalue weighted by Gasteiger charge is 2.40. The summed E-state index contributed by atoms with van der Waals surface area (Å²) in [4.78, 5) is 0. The quantitative estimate of drug-likeness (QED) is 0.621. The Labute approximate surface area is 72.2 Å². The zero-order chi connectivity index (χ0) is 9.94. The first-order chi connectivity index (χ1) is 5.30. The number of hydrogen-bond donors (Lipinski definition) is 0. The average molecular weight is 182 g/mol. The highest BCUT2D eigenvalue weighted by atomic mass is 19.4. The van der Waals surface area contributed by atoms with Crippen molar-refractivity contribution in [3.05, 3.63) is 0 Å². The second kappa shape index (κ2) is 4.15. The van der Waals surface area contributed by atoms with Gasteiger partial charge in [-0.2, -0.15) is 13.2 Å². The van der Waals surface area contributed by atoms with Crippen LogP contribution in [0.4, 0.5) is 13.2 Å². The van der Waals surface area contributed by atoms with Crippen LogP contribution in [-0.4, -0.2) is 6.18 Å². The summed E-state index contributed by atoms with van der Waals surface area (Å²) >= 11 is 0. The summed E-state index contributed by atoms with van der Waals surface area (Å²) in [5.74, 6) is -1.33. The van der Waals surface area contributed by atoms with Gasteiger partial charge in [-0.15, -0.1) is 0 Å². The molecule has 12 heavy (non-hydrogen) atoms. The molecule has 0 fully saturated rings. The van der Waals surface area contributed by atoms with Crippen molar-refractivity contribution in [2.75, 3.05) is 0 Å². The molecule has 0 bridgehead atoms. The summed E-state index contributed by atoms with van der Waals surface area (Å²) in [6.45, 7) is 6.72. The standard InChI is InChI=1S/C9H17F3/c1-5-6(2)7(3)8(4)9(10,11)12/h6-8H,5H2,1-4H3/t6-,7+,8?/m1/s1. The molecule has 0 saturated heterocycles. The third-order valence-corrected chi connectivity index (χ3v) is 2.85. The van der Waals surface area contributed by atoms with Crippen LogP contribution in [0, 0.1) is 17.8 Å². The largest absolute Gasteiger partial charge is 0.391 e. The monoisotopic (exact) mass is 182 g/mol. The fraction of sp³-hybridized carbons (Fsp3) is 1.00. The molecule has 0 rings (SSSR count). The maximum absolute atomic E-state index is 12.2. The van der Waals surface area contributed by atoms with E-state index in [0.717, 1.165) is 6.42 Å². The highest BCUT2D eigenvalue weighted by Crippen LogP contribution is 2.35.